The number of carbonyl (C=O) groups excluding carboxylic acids is 1. The van der Waals surface area contributed by atoms with Crippen molar-refractivity contribution >= 4 is 43.4 Å². The molecule has 0 saturated carbocycles. The fourth-order valence-corrected chi connectivity index (χ4v) is 5.34. The molecule has 1 fully saturated rings. The molecule has 1 amide bonds. The molecule has 1 aliphatic heterocycles. The van der Waals surface area contributed by atoms with Crippen molar-refractivity contribution in [3.8, 4) is 0 Å². The van der Waals surface area contributed by atoms with E-state index < -0.39 is 15.2 Å². The molecule has 5 nitrogen and oxygen atoms in total. The van der Waals surface area contributed by atoms with E-state index in [-0.39, 0.29) is 11.7 Å². The lowest BCUT2D eigenvalue weighted by Gasteiger charge is -2.34. The summed E-state index contributed by atoms with van der Waals surface area (Å²) in [4.78, 5) is 18.0. The van der Waals surface area contributed by atoms with E-state index >= 15 is 0 Å². The van der Waals surface area contributed by atoms with Gasteiger partial charge in [0.1, 0.15) is 9.98 Å². The van der Waals surface area contributed by atoms with Crippen molar-refractivity contribution in [1.82, 2.24) is 9.88 Å². The van der Waals surface area contributed by atoms with E-state index in [1.807, 2.05) is 0 Å². The number of carbonyl (C=O) groups is 1. The fourth-order valence-electron chi connectivity index (χ4n) is 2.00. The van der Waals surface area contributed by atoms with Crippen LogP contribution in [-0.2, 0) is 9.84 Å². The van der Waals surface area contributed by atoms with Crippen molar-refractivity contribution in [2.45, 2.75) is 12.3 Å². The highest BCUT2D eigenvalue weighted by atomic mass is 79.9. The average Bonchev–Trinajstić information content (AvgIpc) is 2.46. The summed E-state index contributed by atoms with van der Waals surface area (Å²) in [5, 5.41) is -0.731. The smallest absolute Gasteiger partial charge is 0.255 e. The molecule has 2 heterocycles. The van der Waals surface area contributed by atoms with Crippen molar-refractivity contribution in [2.24, 2.45) is 0 Å². The van der Waals surface area contributed by atoms with E-state index in [1.54, 1.807) is 30.8 Å². The molecule has 1 unspecified atom stereocenters. The van der Waals surface area contributed by atoms with Gasteiger partial charge in [-0.05, 0) is 28.1 Å². The number of halogens is 1. The number of amides is 1. The standard InChI is InChI=1S/C12H15BrN2O3S2/c1-2-20(17,18)11-8-19-6-5-15(11)12(16)9-3-4-14-10(13)7-9/h3-4,7,11H,2,5-6,8H2,1H3. The summed E-state index contributed by atoms with van der Waals surface area (Å²) < 4.78 is 24.8. The highest BCUT2D eigenvalue weighted by Gasteiger charge is 2.36. The number of aromatic nitrogens is 1. The van der Waals surface area contributed by atoms with E-state index in [2.05, 4.69) is 20.9 Å². The van der Waals surface area contributed by atoms with Gasteiger partial charge in [0.25, 0.3) is 5.91 Å². The number of nitrogens with zero attached hydrogens (tertiary/aromatic N) is 2. The molecule has 110 valence electrons. The largest absolute Gasteiger partial charge is 0.320 e. The van der Waals surface area contributed by atoms with Crippen LogP contribution in [-0.4, -0.2) is 53.4 Å². The molecule has 1 saturated heterocycles. The summed E-state index contributed by atoms with van der Waals surface area (Å²) in [6, 6.07) is 3.21. The molecule has 0 bridgehead atoms. The van der Waals surface area contributed by atoms with Crippen LogP contribution in [0.15, 0.2) is 22.9 Å². The Labute approximate surface area is 131 Å². The van der Waals surface area contributed by atoms with Crippen LogP contribution in [0, 0.1) is 0 Å². The zero-order chi connectivity index (χ0) is 14.8. The SMILES string of the molecule is CCS(=O)(=O)C1CSCCN1C(=O)c1ccnc(Br)c1. The van der Waals surface area contributed by atoms with Gasteiger partial charge in [-0.15, -0.1) is 0 Å². The van der Waals surface area contributed by atoms with Crippen LogP contribution in [0.3, 0.4) is 0 Å². The molecule has 0 N–H and O–H groups in total. The predicted molar refractivity (Wildman–Crippen MR) is 83.5 cm³/mol. The Bertz CT molecular complexity index is 606. The zero-order valence-corrected chi connectivity index (χ0v) is 14.2. The highest BCUT2D eigenvalue weighted by Crippen LogP contribution is 2.23. The van der Waals surface area contributed by atoms with Gasteiger partial charge in [0.15, 0.2) is 9.84 Å². The van der Waals surface area contributed by atoms with Gasteiger partial charge in [0.2, 0.25) is 0 Å². The van der Waals surface area contributed by atoms with E-state index in [4.69, 9.17) is 0 Å². The lowest BCUT2D eigenvalue weighted by Crippen LogP contribution is -2.50. The van der Waals surface area contributed by atoms with E-state index in [1.165, 1.54) is 11.1 Å². The Morgan fingerprint density at radius 2 is 2.35 bits per heavy atom. The van der Waals surface area contributed by atoms with Crippen LogP contribution in [0.25, 0.3) is 0 Å². The van der Waals surface area contributed by atoms with Crippen LogP contribution in [0.2, 0.25) is 0 Å². The first-order chi connectivity index (χ1) is 9.45. The highest BCUT2D eigenvalue weighted by molar-refractivity contribution is 9.10. The maximum absolute atomic E-state index is 12.5. The van der Waals surface area contributed by atoms with Gasteiger partial charge in [-0.1, -0.05) is 6.92 Å². The molecule has 0 aromatic carbocycles. The normalized spacial score (nSPS) is 19.9. The van der Waals surface area contributed by atoms with Crippen LogP contribution in [0.1, 0.15) is 17.3 Å². The Balaban J connectivity index is 2.31. The fraction of sp³-hybridized carbons (Fsp3) is 0.500. The van der Waals surface area contributed by atoms with Crippen LogP contribution < -0.4 is 0 Å². The Morgan fingerprint density at radius 1 is 1.60 bits per heavy atom. The second-order valence-electron chi connectivity index (χ2n) is 4.35. The quantitative estimate of drug-likeness (QED) is 0.750. The molecular weight excluding hydrogens is 364 g/mol. The minimum atomic E-state index is -3.28. The Kier molecular flexibility index (Phi) is 5.09. The summed E-state index contributed by atoms with van der Waals surface area (Å²) in [7, 11) is -3.28. The second kappa shape index (κ2) is 6.44. The first kappa shape index (κ1) is 15.8. The molecule has 0 radical (unpaired) electrons. The van der Waals surface area contributed by atoms with Crippen LogP contribution in [0.4, 0.5) is 0 Å². The summed E-state index contributed by atoms with van der Waals surface area (Å²) in [6.07, 6.45) is 1.53. The molecule has 1 atom stereocenters. The Morgan fingerprint density at radius 3 is 3.00 bits per heavy atom. The van der Waals surface area contributed by atoms with Gasteiger partial charge in [0.05, 0.1) is 0 Å². The maximum atomic E-state index is 12.5. The van der Waals surface area contributed by atoms with Gasteiger partial charge in [-0.25, -0.2) is 13.4 Å². The minimum Gasteiger partial charge on any atom is -0.320 e. The Hall–Kier alpha value is -0.600. The van der Waals surface area contributed by atoms with Gasteiger partial charge >= 0.3 is 0 Å². The molecule has 1 aromatic rings. The number of hydrogen-bond acceptors (Lipinski definition) is 5. The lowest BCUT2D eigenvalue weighted by molar-refractivity contribution is 0.0749. The van der Waals surface area contributed by atoms with Crippen LogP contribution >= 0.6 is 27.7 Å². The molecule has 1 aliphatic rings. The molecule has 0 aliphatic carbocycles. The van der Waals surface area contributed by atoms with Gasteiger partial charge in [0, 0.05) is 35.6 Å². The van der Waals surface area contributed by atoms with E-state index in [0.717, 1.165) is 5.75 Å². The third kappa shape index (κ3) is 3.35. The van der Waals surface area contributed by atoms with E-state index in [9.17, 15) is 13.2 Å². The summed E-state index contributed by atoms with van der Waals surface area (Å²) in [5.41, 5.74) is 0.454. The first-order valence-corrected chi connectivity index (χ1v) is 9.84. The zero-order valence-electron chi connectivity index (χ0n) is 11.0. The second-order valence-corrected chi connectivity index (χ2v) is 8.76. The topological polar surface area (TPSA) is 67.3 Å². The van der Waals surface area contributed by atoms with Crippen molar-refractivity contribution in [2.75, 3.05) is 23.8 Å². The van der Waals surface area contributed by atoms with E-state index in [0.29, 0.717) is 22.5 Å². The predicted octanol–water partition coefficient (Wildman–Crippen LogP) is 1.79. The number of sulfone groups is 1. The molecule has 8 heteroatoms. The third-order valence-electron chi connectivity index (χ3n) is 3.14. The number of thioether (sulfide) groups is 1. The van der Waals surface area contributed by atoms with Gasteiger partial charge in [-0.2, -0.15) is 11.8 Å². The van der Waals surface area contributed by atoms with Crippen molar-refractivity contribution < 1.29 is 13.2 Å². The number of hydrogen-bond donors (Lipinski definition) is 0. The van der Waals surface area contributed by atoms with Crippen LogP contribution in [0.5, 0.6) is 0 Å². The summed E-state index contributed by atoms with van der Waals surface area (Å²) in [6.45, 7) is 2.06. The maximum Gasteiger partial charge on any atom is 0.255 e. The molecular formula is C12H15BrN2O3S2. The molecule has 0 spiro atoms. The minimum absolute atomic E-state index is 0.0437. The monoisotopic (exact) mass is 378 g/mol. The number of pyridine rings is 1. The van der Waals surface area contributed by atoms with Crippen molar-refractivity contribution in [3.63, 3.8) is 0 Å². The van der Waals surface area contributed by atoms with Gasteiger partial charge < -0.3 is 4.90 Å². The average molecular weight is 379 g/mol. The summed E-state index contributed by atoms with van der Waals surface area (Å²) >= 11 is 4.79. The van der Waals surface area contributed by atoms with Crippen molar-refractivity contribution in [1.29, 1.82) is 0 Å². The number of rotatable bonds is 3. The molecule has 2 rings (SSSR count). The summed E-state index contributed by atoms with van der Waals surface area (Å²) in [5.74, 6) is 0.986. The van der Waals surface area contributed by atoms with Crippen molar-refractivity contribution in [3.05, 3.63) is 28.5 Å². The lowest BCUT2D eigenvalue weighted by atomic mass is 10.2. The van der Waals surface area contributed by atoms with Gasteiger partial charge in [-0.3, -0.25) is 4.79 Å². The third-order valence-corrected chi connectivity index (χ3v) is 6.86. The molecule has 20 heavy (non-hydrogen) atoms. The molecule has 1 aromatic heterocycles. The first-order valence-electron chi connectivity index (χ1n) is 6.17.